The molecular weight excluding hydrogens is 550 g/mol. The Morgan fingerprint density at radius 3 is 2.40 bits per heavy atom. The third-order valence-corrected chi connectivity index (χ3v) is 6.86. The van der Waals surface area contributed by atoms with E-state index in [9.17, 15) is 19.2 Å². The number of nitrogens with one attached hydrogen (secondary N) is 4. The van der Waals surface area contributed by atoms with E-state index in [1.54, 1.807) is 37.4 Å². The van der Waals surface area contributed by atoms with Crippen LogP contribution in [0.25, 0.3) is 0 Å². The number of rotatable bonds is 14. The van der Waals surface area contributed by atoms with Crippen LogP contribution in [0, 0.1) is 0 Å². The molecule has 2 atom stereocenters. The van der Waals surface area contributed by atoms with Gasteiger partial charge in [-0.25, -0.2) is 4.98 Å². The van der Waals surface area contributed by atoms with Crippen molar-refractivity contribution in [2.45, 2.75) is 51.1 Å². The summed E-state index contributed by atoms with van der Waals surface area (Å²) < 4.78 is 0. The van der Waals surface area contributed by atoms with Crippen LogP contribution in [0.3, 0.4) is 0 Å². The van der Waals surface area contributed by atoms with Gasteiger partial charge in [0.05, 0.1) is 6.54 Å². The molecule has 1 fully saturated rings. The molecule has 0 saturated heterocycles. The topological polar surface area (TPSA) is 175 Å². The molecule has 1 aliphatic rings. The van der Waals surface area contributed by atoms with Crippen molar-refractivity contribution in [3.8, 4) is 0 Å². The van der Waals surface area contributed by atoms with Gasteiger partial charge < -0.3 is 36.8 Å². The number of nitrogens with two attached hydrogens (primary N) is 1. The number of likely N-dealkylation sites (N-methyl/N-ethyl adjacent to an activating group) is 2. The second-order valence-electron chi connectivity index (χ2n) is 10.9. The van der Waals surface area contributed by atoms with E-state index in [-0.39, 0.29) is 36.3 Å². The van der Waals surface area contributed by atoms with E-state index in [0.29, 0.717) is 48.1 Å². The molecule has 1 aliphatic carbocycles. The van der Waals surface area contributed by atoms with Crippen molar-refractivity contribution in [3.63, 3.8) is 0 Å². The van der Waals surface area contributed by atoms with Crippen molar-refractivity contribution in [2.75, 3.05) is 51.4 Å². The number of nitrogens with zero attached hydrogens (tertiary/aromatic N) is 4. The molecule has 2 unspecified atom stereocenters. The van der Waals surface area contributed by atoms with Crippen LogP contribution in [0.5, 0.6) is 0 Å². The molecule has 0 radical (unpaired) electrons. The molecule has 0 bridgehead atoms. The molecule has 3 rings (SSSR count). The van der Waals surface area contributed by atoms with Gasteiger partial charge in [0.2, 0.25) is 23.7 Å². The molecule has 2 aromatic rings. The molecule has 43 heavy (non-hydrogen) atoms. The molecule has 1 aromatic carbocycles. The Kier molecular flexibility index (Phi) is 12.4. The number of hydrogen-bond acceptors (Lipinski definition) is 9. The molecular formula is C30H43N9O4. The summed E-state index contributed by atoms with van der Waals surface area (Å²) in [7, 11) is 5.41. The molecule has 1 saturated carbocycles. The maximum Gasteiger partial charge on any atom is 0.256 e. The van der Waals surface area contributed by atoms with E-state index in [0.717, 1.165) is 25.7 Å². The lowest BCUT2D eigenvalue weighted by molar-refractivity contribution is -0.131. The summed E-state index contributed by atoms with van der Waals surface area (Å²) in [6, 6.07) is 6.35. The Morgan fingerprint density at radius 1 is 1.05 bits per heavy atom. The van der Waals surface area contributed by atoms with Crippen molar-refractivity contribution >= 4 is 41.1 Å². The number of primary amides is 1. The molecule has 6 N–H and O–H groups in total. The molecule has 4 amide bonds. The molecule has 1 aromatic heterocycles. The predicted octanol–water partition coefficient (Wildman–Crippen LogP) is 1.87. The first kappa shape index (κ1) is 33.0. The number of benzene rings is 1. The second kappa shape index (κ2) is 16.2. The first-order valence-corrected chi connectivity index (χ1v) is 14.5. The predicted molar refractivity (Wildman–Crippen MR) is 166 cm³/mol. The van der Waals surface area contributed by atoms with Crippen molar-refractivity contribution in [1.29, 1.82) is 0 Å². The van der Waals surface area contributed by atoms with Crippen LogP contribution in [-0.4, -0.2) is 96.3 Å². The molecule has 232 valence electrons. The van der Waals surface area contributed by atoms with Gasteiger partial charge in [-0.1, -0.05) is 13.0 Å². The first-order chi connectivity index (χ1) is 20.5. The lowest BCUT2D eigenvalue weighted by Crippen LogP contribution is -2.48. The van der Waals surface area contributed by atoms with Crippen LogP contribution in [0.15, 0.2) is 42.6 Å². The van der Waals surface area contributed by atoms with Crippen molar-refractivity contribution < 1.29 is 19.2 Å². The SMILES string of the molecule is CCCNc1nc(Nc2ccc(C(N)=O)cc2)ncc1C(=O)NC1CCCC(NC(=O)CN(C)C(=O)/C=C/CN(C)C)C1. The minimum absolute atomic E-state index is 0.0435. The first-order valence-electron chi connectivity index (χ1n) is 14.5. The van der Waals surface area contributed by atoms with Gasteiger partial charge in [0.15, 0.2) is 0 Å². The van der Waals surface area contributed by atoms with Crippen molar-refractivity contribution in [2.24, 2.45) is 5.73 Å². The van der Waals surface area contributed by atoms with Crippen LogP contribution in [0.2, 0.25) is 0 Å². The standard InChI is InChI=1S/C30H43N9O4/c1-5-15-32-28-24(18-33-30(37-28)36-21-13-11-20(12-14-21)27(31)42)29(43)35-23-9-6-8-22(17-23)34-25(40)19-39(4)26(41)10-7-16-38(2)3/h7,10-14,18,22-23H,5-6,8-9,15-17,19H2,1-4H3,(H2,31,42)(H,34,40)(H,35,43)(H2,32,33,36,37)/b10-7+. The normalized spacial score (nSPS) is 16.5. The highest BCUT2D eigenvalue weighted by Gasteiger charge is 2.26. The number of carbonyl (C=O) groups is 4. The maximum absolute atomic E-state index is 13.3. The average Bonchev–Trinajstić information content (AvgIpc) is 2.96. The fourth-order valence-electron chi connectivity index (χ4n) is 4.61. The summed E-state index contributed by atoms with van der Waals surface area (Å²) in [5.41, 5.74) is 6.67. The van der Waals surface area contributed by atoms with Gasteiger partial charge in [0, 0.05) is 55.7 Å². The monoisotopic (exact) mass is 593 g/mol. The number of hydrogen-bond donors (Lipinski definition) is 5. The zero-order valence-corrected chi connectivity index (χ0v) is 25.4. The number of aromatic nitrogens is 2. The van der Waals surface area contributed by atoms with E-state index in [2.05, 4.69) is 31.2 Å². The largest absolute Gasteiger partial charge is 0.369 e. The van der Waals surface area contributed by atoms with Gasteiger partial charge >= 0.3 is 0 Å². The number of anilines is 3. The summed E-state index contributed by atoms with van der Waals surface area (Å²) in [6.45, 7) is 3.22. The lowest BCUT2D eigenvalue weighted by atomic mass is 9.90. The van der Waals surface area contributed by atoms with E-state index in [1.807, 2.05) is 25.9 Å². The van der Waals surface area contributed by atoms with Gasteiger partial charge in [-0.05, 0) is 70.5 Å². The Labute approximate surface area is 252 Å². The Bertz CT molecular complexity index is 1300. The molecule has 0 aliphatic heterocycles. The highest BCUT2D eigenvalue weighted by Crippen LogP contribution is 2.22. The molecule has 1 heterocycles. The van der Waals surface area contributed by atoms with Gasteiger partial charge in [-0.15, -0.1) is 0 Å². The molecule has 0 spiro atoms. The Balaban J connectivity index is 1.58. The lowest BCUT2D eigenvalue weighted by Gasteiger charge is -2.31. The summed E-state index contributed by atoms with van der Waals surface area (Å²) >= 11 is 0. The van der Waals surface area contributed by atoms with E-state index >= 15 is 0 Å². The third kappa shape index (κ3) is 10.7. The Morgan fingerprint density at radius 2 is 1.74 bits per heavy atom. The van der Waals surface area contributed by atoms with Crippen molar-refractivity contribution in [1.82, 2.24) is 30.4 Å². The van der Waals surface area contributed by atoms with Crippen LogP contribution in [0.1, 0.15) is 59.7 Å². The number of amides is 4. The summed E-state index contributed by atoms with van der Waals surface area (Å²) in [5, 5.41) is 12.4. The van der Waals surface area contributed by atoms with E-state index < -0.39 is 5.91 Å². The third-order valence-electron chi connectivity index (χ3n) is 6.86. The second-order valence-corrected chi connectivity index (χ2v) is 10.9. The maximum atomic E-state index is 13.3. The zero-order chi connectivity index (χ0) is 31.4. The van der Waals surface area contributed by atoms with Crippen LogP contribution >= 0.6 is 0 Å². The van der Waals surface area contributed by atoms with Gasteiger partial charge in [0.25, 0.3) is 5.91 Å². The van der Waals surface area contributed by atoms with Crippen LogP contribution in [-0.2, 0) is 9.59 Å². The minimum Gasteiger partial charge on any atom is -0.369 e. The average molecular weight is 594 g/mol. The van der Waals surface area contributed by atoms with E-state index in [1.165, 1.54) is 17.2 Å². The smallest absolute Gasteiger partial charge is 0.256 e. The molecule has 13 heteroatoms. The highest BCUT2D eigenvalue weighted by molar-refractivity contribution is 5.99. The van der Waals surface area contributed by atoms with Crippen LogP contribution in [0.4, 0.5) is 17.5 Å². The summed E-state index contributed by atoms with van der Waals surface area (Å²) in [5.74, 6) is -0.594. The van der Waals surface area contributed by atoms with Gasteiger partial charge in [-0.2, -0.15) is 4.98 Å². The van der Waals surface area contributed by atoms with Gasteiger partial charge in [-0.3, -0.25) is 19.2 Å². The fourth-order valence-corrected chi connectivity index (χ4v) is 4.61. The zero-order valence-electron chi connectivity index (χ0n) is 25.4. The summed E-state index contributed by atoms with van der Waals surface area (Å²) in [6.07, 6.45) is 8.54. The van der Waals surface area contributed by atoms with Gasteiger partial charge in [0.1, 0.15) is 11.4 Å². The van der Waals surface area contributed by atoms with Crippen LogP contribution < -0.4 is 27.0 Å². The molecule has 13 nitrogen and oxygen atoms in total. The van der Waals surface area contributed by atoms with Crippen molar-refractivity contribution in [3.05, 3.63) is 53.7 Å². The van der Waals surface area contributed by atoms with E-state index in [4.69, 9.17) is 5.73 Å². The Hall–Kier alpha value is -4.52. The minimum atomic E-state index is -0.515. The fraction of sp³-hybridized carbons (Fsp3) is 0.467. The highest BCUT2D eigenvalue weighted by atomic mass is 16.2. The number of carbonyl (C=O) groups excluding carboxylic acids is 4. The summed E-state index contributed by atoms with van der Waals surface area (Å²) in [4.78, 5) is 61.7. The quantitative estimate of drug-likeness (QED) is 0.205.